The molecule has 2 atom stereocenters. The molecular weight excluding hydrogens is 274 g/mol. The van der Waals surface area contributed by atoms with Crippen molar-refractivity contribution in [2.45, 2.75) is 51.6 Å². The van der Waals surface area contributed by atoms with E-state index in [9.17, 15) is 19.5 Å². The molecule has 2 amide bonds. The Balaban J connectivity index is 2.65. The molecule has 7 heteroatoms. The lowest BCUT2D eigenvalue weighted by molar-refractivity contribution is -0.160. The predicted octanol–water partition coefficient (Wildman–Crippen LogP) is -0.0583. The molecule has 4 N–H and O–H groups in total. The Morgan fingerprint density at radius 3 is 2.48 bits per heavy atom. The molecule has 0 spiro atoms. The van der Waals surface area contributed by atoms with Crippen LogP contribution >= 0.6 is 0 Å². The van der Waals surface area contributed by atoms with Crippen molar-refractivity contribution < 1.29 is 19.5 Å². The average Bonchev–Trinajstić information content (AvgIpc) is 2.43. The molecule has 1 rings (SSSR count). The highest BCUT2D eigenvalue weighted by Gasteiger charge is 2.43. The molecule has 1 aliphatic rings. The molecular formula is C14H25N3O4. The number of aliphatic carboxylic acids is 1. The minimum atomic E-state index is -1.19. The quantitative estimate of drug-likeness (QED) is 0.658. The minimum absolute atomic E-state index is 0.0284. The van der Waals surface area contributed by atoms with Crippen molar-refractivity contribution in [1.29, 1.82) is 0 Å². The van der Waals surface area contributed by atoms with E-state index in [1.54, 1.807) is 6.92 Å². The molecule has 1 aliphatic heterocycles. The average molecular weight is 299 g/mol. The molecule has 0 aromatic heterocycles. The van der Waals surface area contributed by atoms with Crippen LogP contribution in [0.15, 0.2) is 0 Å². The van der Waals surface area contributed by atoms with Crippen LogP contribution in [0.5, 0.6) is 0 Å². The van der Waals surface area contributed by atoms with Crippen molar-refractivity contribution in [3.8, 4) is 0 Å². The minimum Gasteiger partial charge on any atom is -0.480 e. The summed E-state index contributed by atoms with van der Waals surface area (Å²) in [4.78, 5) is 36.7. The van der Waals surface area contributed by atoms with Crippen LogP contribution in [0.1, 0.15) is 40.0 Å². The third-order valence-corrected chi connectivity index (χ3v) is 4.09. The van der Waals surface area contributed by atoms with E-state index in [1.165, 1.54) is 4.90 Å². The Kier molecular flexibility index (Phi) is 5.71. The van der Waals surface area contributed by atoms with Crippen molar-refractivity contribution in [2.24, 2.45) is 11.7 Å². The first kappa shape index (κ1) is 17.4. The van der Waals surface area contributed by atoms with E-state index in [2.05, 4.69) is 5.32 Å². The number of carbonyl (C=O) groups is 3. The number of nitrogens with two attached hydrogens (primary N) is 1. The molecule has 1 unspecified atom stereocenters. The molecule has 0 aromatic carbocycles. The summed E-state index contributed by atoms with van der Waals surface area (Å²) in [5.74, 6) is -1.82. The summed E-state index contributed by atoms with van der Waals surface area (Å²) in [6, 6.07) is -0.676. The summed E-state index contributed by atoms with van der Waals surface area (Å²) in [5, 5.41) is 11.8. The first-order valence-corrected chi connectivity index (χ1v) is 7.27. The van der Waals surface area contributed by atoms with Gasteiger partial charge in [0.05, 0.1) is 12.6 Å². The van der Waals surface area contributed by atoms with Gasteiger partial charge in [0.1, 0.15) is 5.54 Å². The summed E-state index contributed by atoms with van der Waals surface area (Å²) in [6.07, 6.45) is 1.97. The zero-order valence-corrected chi connectivity index (χ0v) is 12.9. The zero-order chi connectivity index (χ0) is 16.2. The number of nitrogens with zero attached hydrogens (tertiary/aromatic N) is 1. The van der Waals surface area contributed by atoms with E-state index in [0.717, 1.165) is 12.8 Å². The number of likely N-dealkylation sites (tertiary alicyclic amines) is 1. The Bertz CT molecular complexity index is 424. The van der Waals surface area contributed by atoms with Gasteiger partial charge in [0.2, 0.25) is 11.8 Å². The van der Waals surface area contributed by atoms with Gasteiger partial charge in [-0.05, 0) is 32.1 Å². The van der Waals surface area contributed by atoms with Gasteiger partial charge in [-0.1, -0.05) is 13.8 Å². The van der Waals surface area contributed by atoms with Gasteiger partial charge < -0.3 is 21.1 Å². The molecule has 1 fully saturated rings. The van der Waals surface area contributed by atoms with E-state index in [4.69, 9.17) is 5.73 Å². The fourth-order valence-corrected chi connectivity index (χ4v) is 2.42. The van der Waals surface area contributed by atoms with Crippen LogP contribution in [0, 0.1) is 5.92 Å². The van der Waals surface area contributed by atoms with Crippen molar-refractivity contribution >= 4 is 17.8 Å². The molecule has 1 heterocycles. The molecule has 0 aromatic rings. The molecule has 1 saturated heterocycles. The number of hydrogen-bond donors (Lipinski definition) is 3. The van der Waals surface area contributed by atoms with Gasteiger partial charge in [0, 0.05) is 6.54 Å². The molecule has 0 bridgehead atoms. The maximum absolute atomic E-state index is 12.2. The van der Waals surface area contributed by atoms with E-state index in [-0.39, 0.29) is 18.4 Å². The van der Waals surface area contributed by atoms with Crippen molar-refractivity contribution in [1.82, 2.24) is 10.2 Å². The zero-order valence-electron chi connectivity index (χ0n) is 12.9. The second-order valence-corrected chi connectivity index (χ2v) is 6.07. The Hall–Kier alpha value is -1.63. The van der Waals surface area contributed by atoms with Gasteiger partial charge in [0.25, 0.3) is 0 Å². The third kappa shape index (κ3) is 3.93. The summed E-state index contributed by atoms with van der Waals surface area (Å²) in [6.45, 7) is 5.36. The number of rotatable bonds is 5. The van der Waals surface area contributed by atoms with Crippen molar-refractivity contribution in [2.75, 3.05) is 13.1 Å². The molecule has 0 aliphatic carbocycles. The standard InChI is InChI=1S/C14H25N3O4/c1-9(2)11(15)12(19)16-8-10(18)17-7-5-4-6-14(17,3)13(20)21/h9,11H,4-8,15H2,1-3H3,(H,16,19)(H,20,21)/t11-,14?/m0/s1. The van der Waals surface area contributed by atoms with Gasteiger partial charge in [0.15, 0.2) is 0 Å². The molecule has 0 radical (unpaired) electrons. The van der Waals surface area contributed by atoms with Crippen molar-refractivity contribution in [3.05, 3.63) is 0 Å². The van der Waals surface area contributed by atoms with E-state index in [1.807, 2.05) is 13.8 Å². The first-order valence-electron chi connectivity index (χ1n) is 7.27. The maximum Gasteiger partial charge on any atom is 0.329 e. The van der Waals surface area contributed by atoms with Crippen LogP contribution in [-0.2, 0) is 14.4 Å². The SMILES string of the molecule is CC(C)[C@H](N)C(=O)NCC(=O)N1CCCCC1(C)C(=O)O. The van der Waals surface area contributed by atoms with Crippen LogP contribution in [0.2, 0.25) is 0 Å². The summed E-state index contributed by atoms with van der Waals surface area (Å²) in [7, 11) is 0. The Morgan fingerprint density at radius 2 is 1.95 bits per heavy atom. The van der Waals surface area contributed by atoms with Crippen molar-refractivity contribution in [3.63, 3.8) is 0 Å². The lowest BCUT2D eigenvalue weighted by atomic mass is 9.88. The second-order valence-electron chi connectivity index (χ2n) is 6.07. The van der Waals surface area contributed by atoms with Gasteiger partial charge in [-0.15, -0.1) is 0 Å². The molecule has 7 nitrogen and oxygen atoms in total. The predicted molar refractivity (Wildman–Crippen MR) is 77.4 cm³/mol. The van der Waals surface area contributed by atoms with Gasteiger partial charge >= 0.3 is 5.97 Å². The third-order valence-electron chi connectivity index (χ3n) is 4.09. The normalized spacial score (nSPS) is 23.8. The van der Waals surface area contributed by atoms with Crippen LogP contribution in [0.3, 0.4) is 0 Å². The smallest absolute Gasteiger partial charge is 0.329 e. The largest absolute Gasteiger partial charge is 0.480 e. The van der Waals surface area contributed by atoms with E-state index in [0.29, 0.717) is 13.0 Å². The Labute approximate surface area is 124 Å². The number of piperidine rings is 1. The van der Waals surface area contributed by atoms with Crippen LogP contribution in [-0.4, -0.2) is 52.5 Å². The van der Waals surface area contributed by atoms with Gasteiger partial charge in [-0.2, -0.15) is 0 Å². The lowest BCUT2D eigenvalue weighted by Gasteiger charge is -2.41. The fraction of sp³-hybridized carbons (Fsp3) is 0.786. The van der Waals surface area contributed by atoms with Gasteiger partial charge in [-0.25, -0.2) is 4.79 Å². The first-order chi connectivity index (χ1) is 9.70. The summed E-state index contributed by atoms with van der Waals surface area (Å²) < 4.78 is 0. The summed E-state index contributed by atoms with van der Waals surface area (Å²) in [5.41, 5.74) is 4.50. The van der Waals surface area contributed by atoms with E-state index >= 15 is 0 Å². The second kappa shape index (κ2) is 6.89. The van der Waals surface area contributed by atoms with Crippen LogP contribution < -0.4 is 11.1 Å². The number of amides is 2. The number of carboxylic acids is 1. The van der Waals surface area contributed by atoms with Crippen LogP contribution in [0.25, 0.3) is 0 Å². The monoisotopic (exact) mass is 299 g/mol. The molecule has 21 heavy (non-hydrogen) atoms. The number of hydrogen-bond acceptors (Lipinski definition) is 4. The topological polar surface area (TPSA) is 113 Å². The van der Waals surface area contributed by atoms with Crippen LogP contribution in [0.4, 0.5) is 0 Å². The highest BCUT2D eigenvalue weighted by molar-refractivity contribution is 5.91. The lowest BCUT2D eigenvalue weighted by Crippen LogP contribution is -2.59. The maximum atomic E-state index is 12.2. The van der Waals surface area contributed by atoms with E-state index < -0.39 is 23.5 Å². The molecule has 0 saturated carbocycles. The number of nitrogens with one attached hydrogen (secondary N) is 1. The molecule has 120 valence electrons. The fourth-order valence-electron chi connectivity index (χ4n) is 2.42. The number of carboxylic acid groups (broad SMARTS) is 1. The van der Waals surface area contributed by atoms with Gasteiger partial charge in [-0.3, -0.25) is 9.59 Å². The highest BCUT2D eigenvalue weighted by Crippen LogP contribution is 2.28. The Morgan fingerprint density at radius 1 is 1.33 bits per heavy atom. The number of carbonyl (C=O) groups excluding carboxylic acids is 2. The summed E-state index contributed by atoms with van der Waals surface area (Å²) >= 11 is 0. The highest BCUT2D eigenvalue weighted by atomic mass is 16.4.